The maximum absolute atomic E-state index is 11.6. The Hall–Kier alpha value is -1.00. The molecule has 0 unspecified atom stereocenters. The van der Waals surface area contributed by atoms with Crippen molar-refractivity contribution < 1.29 is 4.79 Å². The number of carbonyl (C=O) groups excluding carboxylic acids is 1. The van der Waals surface area contributed by atoms with Crippen LogP contribution in [0.25, 0.3) is 0 Å². The van der Waals surface area contributed by atoms with Crippen molar-refractivity contribution in [2.24, 2.45) is 5.73 Å². The van der Waals surface area contributed by atoms with Crippen molar-refractivity contribution in [3.63, 3.8) is 0 Å². The molecular formula is C13H20N2OS. The quantitative estimate of drug-likeness (QED) is 0.786. The third kappa shape index (κ3) is 4.40. The number of hydrogen-bond donors (Lipinski definition) is 2. The van der Waals surface area contributed by atoms with Crippen molar-refractivity contribution in [3.05, 3.63) is 29.8 Å². The number of thioether (sulfide) groups is 1. The van der Waals surface area contributed by atoms with E-state index in [9.17, 15) is 4.79 Å². The third-order valence-electron chi connectivity index (χ3n) is 2.46. The number of amides is 1. The zero-order valence-electron chi connectivity index (χ0n) is 10.6. The Morgan fingerprint density at radius 1 is 1.41 bits per heavy atom. The van der Waals surface area contributed by atoms with Gasteiger partial charge in [0.25, 0.3) is 0 Å². The van der Waals surface area contributed by atoms with Crippen LogP contribution in [0.2, 0.25) is 0 Å². The standard InChI is InChI=1S/C13H20N2OS/c1-13(2,14)12(16)15-9-8-10-6-4-5-7-11(10)17-3/h4-7H,8-9,14H2,1-3H3,(H,15,16). The lowest BCUT2D eigenvalue weighted by atomic mass is 10.1. The van der Waals surface area contributed by atoms with E-state index in [1.807, 2.05) is 12.1 Å². The number of hydrogen-bond acceptors (Lipinski definition) is 3. The number of rotatable bonds is 5. The number of nitrogens with two attached hydrogens (primary N) is 1. The Morgan fingerprint density at radius 3 is 2.65 bits per heavy atom. The summed E-state index contributed by atoms with van der Waals surface area (Å²) in [5.41, 5.74) is 6.15. The van der Waals surface area contributed by atoms with Crippen LogP contribution >= 0.6 is 11.8 Å². The minimum atomic E-state index is -0.807. The summed E-state index contributed by atoms with van der Waals surface area (Å²) in [6.45, 7) is 4.04. The second-order valence-corrected chi connectivity index (χ2v) is 5.39. The van der Waals surface area contributed by atoms with E-state index in [4.69, 9.17) is 5.73 Å². The molecule has 0 saturated carbocycles. The molecule has 0 radical (unpaired) electrons. The summed E-state index contributed by atoms with van der Waals surface area (Å²) >= 11 is 1.72. The van der Waals surface area contributed by atoms with Gasteiger partial charge in [-0.15, -0.1) is 11.8 Å². The average Bonchev–Trinajstić information content (AvgIpc) is 2.28. The molecule has 0 aromatic heterocycles. The normalized spacial score (nSPS) is 11.3. The topological polar surface area (TPSA) is 55.1 Å². The molecule has 4 heteroatoms. The smallest absolute Gasteiger partial charge is 0.239 e. The van der Waals surface area contributed by atoms with Crippen LogP contribution in [0.4, 0.5) is 0 Å². The van der Waals surface area contributed by atoms with Gasteiger partial charge in [0.15, 0.2) is 0 Å². The van der Waals surface area contributed by atoms with Gasteiger partial charge in [-0.05, 0) is 38.2 Å². The van der Waals surface area contributed by atoms with Gasteiger partial charge in [-0.2, -0.15) is 0 Å². The fraction of sp³-hybridized carbons (Fsp3) is 0.462. The van der Waals surface area contributed by atoms with Crippen molar-refractivity contribution >= 4 is 17.7 Å². The molecule has 0 spiro atoms. The molecule has 0 bridgehead atoms. The molecule has 0 aliphatic rings. The first-order valence-corrected chi connectivity index (χ1v) is 6.86. The van der Waals surface area contributed by atoms with Gasteiger partial charge < -0.3 is 11.1 Å². The maximum Gasteiger partial charge on any atom is 0.239 e. The van der Waals surface area contributed by atoms with Gasteiger partial charge in [-0.3, -0.25) is 4.79 Å². The molecule has 1 rings (SSSR count). The summed E-state index contributed by atoms with van der Waals surface area (Å²) < 4.78 is 0. The van der Waals surface area contributed by atoms with Gasteiger partial charge in [0.05, 0.1) is 5.54 Å². The molecule has 1 aromatic rings. The molecule has 0 aliphatic carbocycles. The maximum atomic E-state index is 11.6. The van der Waals surface area contributed by atoms with Gasteiger partial charge >= 0.3 is 0 Å². The monoisotopic (exact) mass is 252 g/mol. The van der Waals surface area contributed by atoms with E-state index in [0.29, 0.717) is 6.54 Å². The van der Waals surface area contributed by atoms with Gasteiger partial charge in [0, 0.05) is 11.4 Å². The summed E-state index contributed by atoms with van der Waals surface area (Å²) in [6, 6.07) is 8.22. The minimum Gasteiger partial charge on any atom is -0.354 e. The fourth-order valence-electron chi connectivity index (χ4n) is 1.45. The van der Waals surface area contributed by atoms with E-state index in [0.717, 1.165) is 6.42 Å². The number of benzene rings is 1. The molecule has 17 heavy (non-hydrogen) atoms. The number of carbonyl (C=O) groups is 1. The van der Waals surface area contributed by atoms with Crippen molar-refractivity contribution in [2.75, 3.05) is 12.8 Å². The second kappa shape index (κ2) is 6.07. The fourth-order valence-corrected chi connectivity index (χ4v) is 2.09. The first-order valence-electron chi connectivity index (χ1n) is 5.64. The van der Waals surface area contributed by atoms with Crippen LogP contribution in [0.5, 0.6) is 0 Å². The van der Waals surface area contributed by atoms with Gasteiger partial charge in [0.1, 0.15) is 0 Å². The van der Waals surface area contributed by atoms with Crippen molar-refractivity contribution in [2.45, 2.75) is 30.7 Å². The summed E-state index contributed by atoms with van der Waals surface area (Å²) in [6.07, 6.45) is 2.89. The van der Waals surface area contributed by atoms with Crippen molar-refractivity contribution in [3.8, 4) is 0 Å². The highest BCUT2D eigenvalue weighted by molar-refractivity contribution is 7.98. The zero-order chi connectivity index (χ0) is 12.9. The molecule has 3 N–H and O–H groups in total. The molecule has 0 aliphatic heterocycles. The van der Waals surface area contributed by atoms with Gasteiger partial charge in [0.2, 0.25) is 5.91 Å². The van der Waals surface area contributed by atoms with Crippen LogP contribution in [0.3, 0.4) is 0 Å². The molecule has 0 fully saturated rings. The first-order chi connectivity index (χ1) is 7.95. The second-order valence-electron chi connectivity index (χ2n) is 4.54. The van der Waals surface area contributed by atoms with Crippen molar-refractivity contribution in [1.82, 2.24) is 5.32 Å². The van der Waals surface area contributed by atoms with Crippen LogP contribution < -0.4 is 11.1 Å². The Kier molecular flexibility index (Phi) is 5.02. The molecule has 0 atom stereocenters. The molecule has 0 saturated heterocycles. The third-order valence-corrected chi connectivity index (χ3v) is 3.30. The molecule has 1 amide bonds. The van der Waals surface area contributed by atoms with Crippen LogP contribution in [0.15, 0.2) is 29.2 Å². The summed E-state index contributed by atoms with van der Waals surface area (Å²) in [5, 5.41) is 2.85. The Bertz CT molecular complexity index is 385. The SMILES string of the molecule is CSc1ccccc1CCNC(=O)C(C)(C)N. The van der Waals surface area contributed by atoms with E-state index in [2.05, 4.69) is 23.7 Å². The van der Waals surface area contributed by atoms with Crippen LogP contribution in [0.1, 0.15) is 19.4 Å². The highest BCUT2D eigenvalue weighted by Crippen LogP contribution is 2.19. The Labute approximate surface area is 107 Å². The van der Waals surface area contributed by atoms with Crippen LogP contribution in [-0.4, -0.2) is 24.2 Å². The summed E-state index contributed by atoms with van der Waals surface area (Å²) in [7, 11) is 0. The lowest BCUT2D eigenvalue weighted by Gasteiger charge is -2.18. The first kappa shape index (κ1) is 14.1. The highest BCUT2D eigenvalue weighted by Gasteiger charge is 2.20. The zero-order valence-corrected chi connectivity index (χ0v) is 11.4. The average molecular weight is 252 g/mol. The van der Waals surface area contributed by atoms with E-state index >= 15 is 0 Å². The Balaban J connectivity index is 2.49. The van der Waals surface area contributed by atoms with Crippen molar-refractivity contribution in [1.29, 1.82) is 0 Å². The highest BCUT2D eigenvalue weighted by atomic mass is 32.2. The van der Waals surface area contributed by atoms with Crippen LogP contribution in [-0.2, 0) is 11.2 Å². The molecule has 94 valence electrons. The Morgan fingerprint density at radius 2 is 2.06 bits per heavy atom. The van der Waals surface area contributed by atoms with Crippen LogP contribution in [0, 0.1) is 0 Å². The van der Waals surface area contributed by atoms with Gasteiger partial charge in [-0.1, -0.05) is 18.2 Å². The van der Waals surface area contributed by atoms with E-state index in [1.54, 1.807) is 25.6 Å². The largest absolute Gasteiger partial charge is 0.354 e. The van der Waals surface area contributed by atoms with E-state index < -0.39 is 5.54 Å². The van der Waals surface area contributed by atoms with E-state index in [-0.39, 0.29) is 5.91 Å². The molecule has 1 aromatic carbocycles. The predicted octanol–water partition coefficient (Wildman–Crippen LogP) is 1.80. The predicted molar refractivity (Wildman–Crippen MR) is 73.2 cm³/mol. The molecular weight excluding hydrogens is 232 g/mol. The molecule has 3 nitrogen and oxygen atoms in total. The summed E-state index contributed by atoms with van der Waals surface area (Å²) in [4.78, 5) is 12.8. The lowest BCUT2D eigenvalue weighted by molar-refractivity contribution is -0.125. The van der Waals surface area contributed by atoms with E-state index in [1.165, 1.54) is 10.5 Å². The molecule has 0 heterocycles. The van der Waals surface area contributed by atoms with Gasteiger partial charge in [-0.25, -0.2) is 0 Å². The summed E-state index contributed by atoms with van der Waals surface area (Å²) in [5.74, 6) is -0.112. The number of nitrogens with one attached hydrogen (secondary N) is 1. The lowest BCUT2D eigenvalue weighted by Crippen LogP contribution is -2.49. The minimum absolute atomic E-state index is 0.112.